The van der Waals surface area contributed by atoms with Crippen LogP contribution in [0.4, 0.5) is 0 Å². The van der Waals surface area contributed by atoms with Crippen LogP contribution in [0.5, 0.6) is 5.75 Å². The SMILES string of the molecule is CCCNCc1cc(Cl)cc(Cl)c1OC(C)C(=O)NCC. The summed E-state index contributed by atoms with van der Waals surface area (Å²) in [4.78, 5) is 11.8. The molecule has 2 N–H and O–H groups in total. The number of carbonyl (C=O) groups is 1. The minimum atomic E-state index is -0.617. The van der Waals surface area contributed by atoms with Gasteiger partial charge in [-0.2, -0.15) is 0 Å². The molecule has 0 spiro atoms. The Kier molecular flexibility index (Phi) is 7.86. The molecule has 1 aromatic carbocycles. The molecule has 0 aromatic heterocycles. The van der Waals surface area contributed by atoms with Crippen molar-refractivity contribution >= 4 is 29.1 Å². The van der Waals surface area contributed by atoms with Gasteiger partial charge in [-0.15, -0.1) is 0 Å². The van der Waals surface area contributed by atoms with Gasteiger partial charge < -0.3 is 15.4 Å². The average Bonchev–Trinajstić information content (AvgIpc) is 2.42. The van der Waals surface area contributed by atoms with Crippen molar-refractivity contribution in [1.82, 2.24) is 10.6 Å². The third kappa shape index (κ3) is 5.73. The number of likely N-dealkylation sites (N-methyl/N-ethyl adjacent to an activating group) is 1. The molecule has 0 saturated carbocycles. The Morgan fingerprint density at radius 2 is 2.05 bits per heavy atom. The van der Waals surface area contributed by atoms with Crippen LogP contribution in [0.25, 0.3) is 0 Å². The average molecular weight is 333 g/mol. The maximum absolute atomic E-state index is 11.8. The number of carbonyl (C=O) groups excluding carboxylic acids is 1. The minimum Gasteiger partial charge on any atom is -0.479 e. The molecule has 0 fully saturated rings. The van der Waals surface area contributed by atoms with E-state index < -0.39 is 6.10 Å². The zero-order chi connectivity index (χ0) is 15.8. The van der Waals surface area contributed by atoms with E-state index in [4.69, 9.17) is 27.9 Å². The van der Waals surface area contributed by atoms with Crippen molar-refractivity contribution in [3.63, 3.8) is 0 Å². The molecule has 0 aliphatic heterocycles. The van der Waals surface area contributed by atoms with Crippen LogP contribution in [0.3, 0.4) is 0 Å². The molecule has 118 valence electrons. The lowest BCUT2D eigenvalue weighted by Crippen LogP contribution is -2.36. The molecule has 6 heteroatoms. The van der Waals surface area contributed by atoms with E-state index in [2.05, 4.69) is 17.6 Å². The largest absolute Gasteiger partial charge is 0.479 e. The molecule has 4 nitrogen and oxygen atoms in total. The summed E-state index contributed by atoms with van der Waals surface area (Å²) in [6.07, 6.45) is 0.410. The lowest BCUT2D eigenvalue weighted by Gasteiger charge is -2.18. The molecule has 1 unspecified atom stereocenters. The summed E-state index contributed by atoms with van der Waals surface area (Å²) < 4.78 is 5.73. The van der Waals surface area contributed by atoms with Gasteiger partial charge in [0.25, 0.3) is 5.91 Å². The van der Waals surface area contributed by atoms with Gasteiger partial charge in [-0.25, -0.2) is 0 Å². The van der Waals surface area contributed by atoms with E-state index in [1.54, 1.807) is 19.1 Å². The lowest BCUT2D eigenvalue weighted by molar-refractivity contribution is -0.127. The Hall–Kier alpha value is -0.970. The Bertz CT molecular complexity index is 481. The third-order valence-electron chi connectivity index (χ3n) is 2.84. The highest BCUT2D eigenvalue weighted by Gasteiger charge is 2.18. The van der Waals surface area contributed by atoms with Crippen molar-refractivity contribution in [2.45, 2.75) is 39.8 Å². The maximum atomic E-state index is 11.8. The Morgan fingerprint density at radius 3 is 2.67 bits per heavy atom. The fourth-order valence-electron chi connectivity index (χ4n) is 1.83. The van der Waals surface area contributed by atoms with Gasteiger partial charge in [-0.1, -0.05) is 30.1 Å². The molecule has 21 heavy (non-hydrogen) atoms. The summed E-state index contributed by atoms with van der Waals surface area (Å²) in [7, 11) is 0. The van der Waals surface area contributed by atoms with E-state index in [-0.39, 0.29) is 5.91 Å². The summed E-state index contributed by atoms with van der Waals surface area (Å²) in [5.41, 5.74) is 0.845. The number of nitrogens with one attached hydrogen (secondary N) is 2. The smallest absolute Gasteiger partial charge is 0.260 e. The molecule has 0 aliphatic rings. The van der Waals surface area contributed by atoms with Crippen LogP contribution < -0.4 is 15.4 Å². The highest BCUT2D eigenvalue weighted by Crippen LogP contribution is 2.33. The molecule has 0 radical (unpaired) electrons. The van der Waals surface area contributed by atoms with E-state index in [0.717, 1.165) is 18.5 Å². The Morgan fingerprint density at radius 1 is 1.33 bits per heavy atom. The fourth-order valence-corrected chi connectivity index (χ4v) is 2.41. The minimum absolute atomic E-state index is 0.170. The highest BCUT2D eigenvalue weighted by molar-refractivity contribution is 6.35. The van der Waals surface area contributed by atoms with E-state index in [9.17, 15) is 4.79 Å². The first-order chi connectivity index (χ1) is 9.99. The number of ether oxygens (including phenoxy) is 1. The zero-order valence-electron chi connectivity index (χ0n) is 12.6. The zero-order valence-corrected chi connectivity index (χ0v) is 14.1. The molecular weight excluding hydrogens is 311 g/mol. The normalized spacial score (nSPS) is 12.0. The van der Waals surface area contributed by atoms with Crippen molar-refractivity contribution in [2.24, 2.45) is 0 Å². The van der Waals surface area contributed by atoms with Gasteiger partial charge in [0.15, 0.2) is 6.10 Å². The van der Waals surface area contributed by atoms with Gasteiger partial charge in [-0.05, 0) is 38.9 Å². The molecule has 0 heterocycles. The number of benzene rings is 1. The van der Waals surface area contributed by atoms with Crippen LogP contribution in [-0.4, -0.2) is 25.1 Å². The van der Waals surface area contributed by atoms with Gasteiger partial charge in [0, 0.05) is 23.7 Å². The van der Waals surface area contributed by atoms with Crippen molar-refractivity contribution in [3.05, 3.63) is 27.7 Å². The Balaban J connectivity index is 2.90. The first kappa shape index (κ1) is 18.1. The molecule has 0 bridgehead atoms. The predicted octanol–water partition coefficient (Wildman–Crippen LogP) is 3.40. The van der Waals surface area contributed by atoms with Crippen molar-refractivity contribution in [2.75, 3.05) is 13.1 Å². The lowest BCUT2D eigenvalue weighted by atomic mass is 10.2. The van der Waals surface area contributed by atoms with Gasteiger partial charge in [-0.3, -0.25) is 4.79 Å². The number of hydrogen-bond donors (Lipinski definition) is 2. The summed E-state index contributed by atoms with van der Waals surface area (Å²) in [5, 5.41) is 6.95. The van der Waals surface area contributed by atoms with Crippen molar-refractivity contribution in [1.29, 1.82) is 0 Å². The number of halogens is 2. The third-order valence-corrected chi connectivity index (χ3v) is 3.34. The molecule has 0 aliphatic carbocycles. The summed E-state index contributed by atoms with van der Waals surface area (Å²) in [6.45, 7) is 7.68. The highest BCUT2D eigenvalue weighted by atomic mass is 35.5. The number of hydrogen-bond acceptors (Lipinski definition) is 3. The predicted molar refractivity (Wildman–Crippen MR) is 87.2 cm³/mol. The standard InChI is InChI=1S/C15H22Cl2N2O2/c1-4-6-18-9-11-7-12(16)8-13(17)14(11)21-10(3)15(20)19-5-2/h7-8,10,18H,4-6,9H2,1-3H3,(H,19,20). The second-order valence-electron chi connectivity index (χ2n) is 4.71. The molecule has 0 saturated heterocycles. The van der Waals surface area contributed by atoms with Crippen LogP contribution in [-0.2, 0) is 11.3 Å². The van der Waals surface area contributed by atoms with Crippen molar-refractivity contribution < 1.29 is 9.53 Å². The van der Waals surface area contributed by atoms with Gasteiger partial charge >= 0.3 is 0 Å². The quantitative estimate of drug-likeness (QED) is 0.717. The molecule has 1 aromatic rings. The van der Waals surface area contributed by atoms with Gasteiger partial charge in [0.2, 0.25) is 0 Å². The van der Waals surface area contributed by atoms with E-state index in [1.807, 2.05) is 6.92 Å². The van der Waals surface area contributed by atoms with E-state index >= 15 is 0 Å². The summed E-state index contributed by atoms with van der Waals surface area (Å²) >= 11 is 12.2. The van der Waals surface area contributed by atoms with Crippen LogP contribution in [0.2, 0.25) is 10.0 Å². The van der Waals surface area contributed by atoms with Crippen LogP contribution >= 0.6 is 23.2 Å². The summed E-state index contributed by atoms with van der Waals surface area (Å²) in [5.74, 6) is 0.333. The van der Waals surface area contributed by atoms with Crippen LogP contribution in [0.1, 0.15) is 32.8 Å². The fraction of sp³-hybridized carbons (Fsp3) is 0.533. The van der Waals surface area contributed by atoms with Crippen LogP contribution in [0, 0.1) is 0 Å². The topological polar surface area (TPSA) is 50.4 Å². The van der Waals surface area contributed by atoms with Crippen LogP contribution in [0.15, 0.2) is 12.1 Å². The summed E-state index contributed by atoms with van der Waals surface area (Å²) in [6, 6.07) is 3.42. The first-order valence-electron chi connectivity index (χ1n) is 7.12. The molecule has 1 rings (SSSR count). The van der Waals surface area contributed by atoms with Gasteiger partial charge in [0.05, 0.1) is 5.02 Å². The second-order valence-corrected chi connectivity index (χ2v) is 5.55. The van der Waals surface area contributed by atoms with E-state index in [0.29, 0.717) is 28.9 Å². The monoisotopic (exact) mass is 332 g/mol. The van der Waals surface area contributed by atoms with E-state index in [1.165, 1.54) is 0 Å². The second kappa shape index (κ2) is 9.13. The number of rotatable bonds is 8. The maximum Gasteiger partial charge on any atom is 0.260 e. The first-order valence-corrected chi connectivity index (χ1v) is 7.88. The number of amides is 1. The molecular formula is C15H22Cl2N2O2. The van der Waals surface area contributed by atoms with Gasteiger partial charge in [0.1, 0.15) is 5.75 Å². The van der Waals surface area contributed by atoms with Crippen molar-refractivity contribution in [3.8, 4) is 5.75 Å². The molecule has 1 atom stereocenters. The molecule has 1 amide bonds. The Labute approximate surface area is 136 Å².